The fourth-order valence-electron chi connectivity index (χ4n) is 2.87. The van der Waals surface area contributed by atoms with Crippen LogP contribution in [-0.4, -0.2) is 29.9 Å². The van der Waals surface area contributed by atoms with Gasteiger partial charge < -0.3 is 5.11 Å². The van der Waals surface area contributed by atoms with Gasteiger partial charge in [-0.2, -0.15) is 5.10 Å². The minimum absolute atomic E-state index is 0.0429. The second-order valence-electron chi connectivity index (χ2n) is 5.88. The van der Waals surface area contributed by atoms with E-state index in [1.807, 2.05) is 55.7 Å². The van der Waals surface area contributed by atoms with Crippen LogP contribution in [-0.2, 0) is 20.2 Å². The molecule has 0 atom stereocenters. The molecular formula is C18H16ClN5O. The first-order valence-electron chi connectivity index (χ1n) is 7.86. The summed E-state index contributed by atoms with van der Waals surface area (Å²) in [7, 11) is 1.88. The van der Waals surface area contributed by atoms with E-state index in [0.717, 1.165) is 27.7 Å². The first-order chi connectivity index (χ1) is 12.2. The normalized spacial score (nSPS) is 11.3. The zero-order valence-corrected chi connectivity index (χ0v) is 14.4. The lowest BCUT2D eigenvalue weighted by molar-refractivity contribution is 0.282. The molecule has 6 nitrogen and oxygen atoms in total. The Labute approximate surface area is 149 Å². The lowest BCUT2D eigenvalue weighted by atomic mass is 10.1. The SMILES string of the molecule is Cn1nc(-c2cn(Cc3ccc(CO)cc3)nn2)c2c(Cl)cccc21. The first-order valence-corrected chi connectivity index (χ1v) is 8.24. The zero-order valence-electron chi connectivity index (χ0n) is 13.6. The van der Waals surface area contributed by atoms with Crippen molar-refractivity contribution in [3.05, 3.63) is 64.8 Å². The highest BCUT2D eigenvalue weighted by molar-refractivity contribution is 6.36. The first kappa shape index (κ1) is 15.8. The molecule has 0 bridgehead atoms. The Morgan fingerprint density at radius 2 is 1.84 bits per heavy atom. The Hall–Kier alpha value is -2.70. The van der Waals surface area contributed by atoms with E-state index in [1.54, 1.807) is 9.36 Å². The van der Waals surface area contributed by atoms with Crippen molar-refractivity contribution in [2.45, 2.75) is 13.2 Å². The number of aliphatic hydroxyl groups is 1. The van der Waals surface area contributed by atoms with Gasteiger partial charge in [-0.05, 0) is 23.3 Å². The number of hydrogen-bond acceptors (Lipinski definition) is 4. The molecule has 0 saturated heterocycles. The average Bonchev–Trinajstić information content (AvgIpc) is 3.21. The predicted molar refractivity (Wildman–Crippen MR) is 96.2 cm³/mol. The number of nitrogens with zero attached hydrogens (tertiary/aromatic N) is 5. The number of benzene rings is 2. The molecule has 25 heavy (non-hydrogen) atoms. The van der Waals surface area contributed by atoms with Crippen molar-refractivity contribution in [3.63, 3.8) is 0 Å². The maximum absolute atomic E-state index is 9.11. The van der Waals surface area contributed by atoms with Gasteiger partial charge in [-0.25, -0.2) is 4.68 Å². The zero-order chi connectivity index (χ0) is 17.4. The number of fused-ring (bicyclic) bond motifs is 1. The van der Waals surface area contributed by atoms with Crippen LogP contribution in [0.15, 0.2) is 48.7 Å². The second-order valence-corrected chi connectivity index (χ2v) is 6.29. The number of hydrogen-bond donors (Lipinski definition) is 1. The van der Waals surface area contributed by atoms with Crippen LogP contribution in [0.5, 0.6) is 0 Å². The minimum atomic E-state index is 0.0429. The lowest BCUT2D eigenvalue weighted by Gasteiger charge is -2.02. The van der Waals surface area contributed by atoms with Gasteiger partial charge in [0.2, 0.25) is 0 Å². The number of halogens is 1. The summed E-state index contributed by atoms with van der Waals surface area (Å²) in [6.45, 7) is 0.637. The summed E-state index contributed by atoms with van der Waals surface area (Å²) in [5.41, 5.74) is 4.34. The smallest absolute Gasteiger partial charge is 0.134 e. The third kappa shape index (κ3) is 2.90. The Morgan fingerprint density at radius 1 is 1.08 bits per heavy atom. The van der Waals surface area contributed by atoms with E-state index >= 15 is 0 Å². The lowest BCUT2D eigenvalue weighted by Crippen LogP contribution is -2.00. The summed E-state index contributed by atoms with van der Waals surface area (Å²) in [5.74, 6) is 0. The highest BCUT2D eigenvalue weighted by atomic mass is 35.5. The minimum Gasteiger partial charge on any atom is -0.392 e. The number of aromatic nitrogens is 5. The average molecular weight is 354 g/mol. The molecule has 4 aromatic rings. The molecule has 126 valence electrons. The van der Waals surface area contributed by atoms with Crippen LogP contribution in [0.3, 0.4) is 0 Å². The standard InChI is InChI=1S/C18H16ClN5O/c1-23-16-4-2-3-14(19)17(16)18(21-23)15-10-24(22-20-15)9-12-5-7-13(11-25)8-6-12/h2-8,10,25H,9,11H2,1H3. The van der Waals surface area contributed by atoms with Gasteiger partial charge in [0.05, 0.1) is 29.9 Å². The van der Waals surface area contributed by atoms with E-state index in [4.69, 9.17) is 16.7 Å². The molecule has 0 aliphatic carbocycles. The van der Waals surface area contributed by atoms with Crippen molar-refractivity contribution in [1.82, 2.24) is 24.8 Å². The van der Waals surface area contributed by atoms with Crippen molar-refractivity contribution >= 4 is 22.5 Å². The predicted octanol–water partition coefficient (Wildman–Crippen LogP) is 3.03. The van der Waals surface area contributed by atoms with E-state index in [0.29, 0.717) is 17.3 Å². The second kappa shape index (κ2) is 6.31. The van der Waals surface area contributed by atoms with E-state index in [-0.39, 0.29) is 6.61 Å². The maximum Gasteiger partial charge on any atom is 0.134 e. The van der Waals surface area contributed by atoms with Gasteiger partial charge in [-0.1, -0.05) is 47.1 Å². The molecule has 0 unspecified atom stereocenters. The van der Waals surface area contributed by atoms with E-state index in [9.17, 15) is 0 Å². The van der Waals surface area contributed by atoms with E-state index < -0.39 is 0 Å². The van der Waals surface area contributed by atoms with Crippen LogP contribution >= 0.6 is 11.6 Å². The molecule has 0 aliphatic heterocycles. The number of aliphatic hydroxyl groups excluding tert-OH is 1. The van der Waals surface area contributed by atoms with Gasteiger partial charge >= 0.3 is 0 Å². The van der Waals surface area contributed by atoms with Crippen molar-refractivity contribution in [1.29, 1.82) is 0 Å². The Kier molecular flexibility index (Phi) is 3.99. The quantitative estimate of drug-likeness (QED) is 0.612. The van der Waals surface area contributed by atoms with Crippen LogP contribution in [0.2, 0.25) is 5.02 Å². The Balaban J connectivity index is 1.67. The molecule has 0 spiro atoms. The summed E-state index contributed by atoms with van der Waals surface area (Å²) in [6.07, 6.45) is 1.87. The highest BCUT2D eigenvalue weighted by Crippen LogP contribution is 2.31. The topological polar surface area (TPSA) is 68.8 Å². The van der Waals surface area contributed by atoms with E-state index in [2.05, 4.69) is 15.4 Å². The molecule has 0 saturated carbocycles. The molecule has 2 heterocycles. The fraction of sp³-hybridized carbons (Fsp3) is 0.167. The van der Waals surface area contributed by atoms with Crippen molar-refractivity contribution in [2.24, 2.45) is 7.05 Å². The van der Waals surface area contributed by atoms with Crippen LogP contribution in [0, 0.1) is 0 Å². The van der Waals surface area contributed by atoms with Crippen LogP contribution in [0.25, 0.3) is 22.3 Å². The summed E-state index contributed by atoms with van der Waals surface area (Å²) in [6, 6.07) is 13.5. The summed E-state index contributed by atoms with van der Waals surface area (Å²) in [5, 5.41) is 23.7. The van der Waals surface area contributed by atoms with Crippen LogP contribution < -0.4 is 0 Å². The number of rotatable bonds is 4. The molecule has 2 aromatic heterocycles. The fourth-order valence-corrected chi connectivity index (χ4v) is 3.13. The van der Waals surface area contributed by atoms with Gasteiger partial charge in [-0.3, -0.25) is 4.68 Å². The van der Waals surface area contributed by atoms with Gasteiger partial charge in [0, 0.05) is 12.4 Å². The van der Waals surface area contributed by atoms with Crippen molar-refractivity contribution in [3.8, 4) is 11.4 Å². The van der Waals surface area contributed by atoms with Crippen molar-refractivity contribution in [2.75, 3.05) is 0 Å². The molecule has 2 aromatic carbocycles. The molecule has 4 rings (SSSR count). The van der Waals surface area contributed by atoms with Gasteiger partial charge in [0.15, 0.2) is 0 Å². The Bertz CT molecular complexity index is 1040. The summed E-state index contributed by atoms with van der Waals surface area (Å²) < 4.78 is 3.56. The monoisotopic (exact) mass is 353 g/mol. The molecule has 7 heteroatoms. The maximum atomic E-state index is 9.11. The van der Waals surface area contributed by atoms with Gasteiger partial charge in [-0.15, -0.1) is 5.10 Å². The number of aryl methyl sites for hydroxylation is 1. The third-order valence-electron chi connectivity index (χ3n) is 4.16. The molecule has 0 fully saturated rings. The van der Waals surface area contributed by atoms with Crippen molar-refractivity contribution < 1.29 is 5.11 Å². The summed E-state index contributed by atoms with van der Waals surface area (Å²) >= 11 is 6.36. The molecule has 0 aliphatic rings. The molecule has 1 N–H and O–H groups in total. The molecule has 0 amide bonds. The van der Waals surface area contributed by atoms with Crippen LogP contribution in [0.1, 0.15) is 11.1 Å². The Morgan fingerprint density at radius 3 is 2.60 bits per heavy atom. The highest BCUT2D eigenvalue weighted by Gasteiger charge is 2.16. The largest absolute Gasteiger partial charge is 0.392 e. The molecule has 0 radical (unpaired) electrons. The van der Waals surface area contributed by atoms with Gasteiger partial charge in [0.1, 0.15) is 11.4 Å². The third-order valence-corrected chi connectivity index (χ3v) is 4.47. The molecular weight excluding hydrogens is 338 g/mol. The van der Waals surface area contributed by atoms with Crippen LogP contribution in [0.4, 0.5) is 0 Å². The summed E-state index contributed by atoms with van der Waals surface area (Å²) in [4.78, 5) is 0. The van der Waals surface area contributed by atoms with E-state index in [1.165, 1.54) is 0 Å². The van der Waals surface area contributed by atoms with Gasteiger partial charge in [0.25, 0.3) is 0 Å².